The molecule has 0 radical (unpaired) electrons. The molecule has 2 heterocycles. The van der Waals surface area contributed by atoms with Gasteiger partial charge in [-0.3, -0.25) is 9.59 Å². The second-order valence-electron chi connectivity index (χ2n) is 7.49. The van der Waals surface area contributed by atoms with E-state index in [4.69, 9.17) is 0 Å². The van der Waals surface area contributed by atoms with E-state index in [-0.39, 0.29) is 30.2 Å². The van der Waals surface area contributed by atoms with Gasteiger partial charge in [0, 0.05) is 37.2 Å². The van der Waals surface area contributed by atoms with Gasteiger partial charge in [0.25, 0.3) is 0 Å². The monoisotopic (exact) mass is 401 g/mol. The quantitative estimate of drug-likeness (QED) is 0.709. The van der Waals surface area contributed by atoms with E-state index in [0.717, 1.165) is 11.6 Å². The molecule has 3 N–H and O–H groups in total. The predicted octanol–water partition coefficient (Wildman–Crippen LogP) is 1.47. The number of halogens is 2. The van der Waals surface area contributed by atoms with E-state index in [1.54, 1.807) is 17.0 Å². The number of carbonyl (C=O) groups is 2. The molecule has 0 saturated carbocycles. The summed E-state index contributed by atoms with van der Waals surface area (Å²) in [6, 6.07) is 8.56. The van der Waals surface area contributed by atoms with Crippen molar-refractivity contribution in [1.82, 2.24) is 15.5 Å². The molecule has 152 valence electrons. The van der Waals surface area contributed by atoms with Crippen LogP contribution in [-0.2, 0) is 22.6 Å². The van der Waals surface area contributed by atoms with Crippen molar-refractivity contribution in [3.8, 4) is 5.75 Å². The Morgan fingerprint density at radius 1 is 1.14 bits per heavy atom. The van der Waals surface area contributed by atoms with Crippen LogP contribution in [-0.4, -0.2) is 46.5 Å². The lowest BCUT2D eigenvalue weighted by Crippen LogP contribution is -2.61. The van der Waals surface area contributed by atoms with E-state index in [1.807, 2.05) is 0 Å². The summed E-state index contributed by atoms with van der Waals surface area (Å²) in [6.45, 7) is 0.538. The molecule has 2 fully saturated rings. The molecule has 3 atom stereocenters. The molecule has 2 saturated heterocycles. The first-order valence-electron chi connectivity index (χ1n) is 9.47. The fourth-order valence-electron chi connectivity index (χ4n) is 3.93. The molecule has 2 aliphatic heterocycles. The number of hydrogen-bond acceptors (Lipinski definition) is 4. The van der Waals surface area contributed by atoms with Crippen molar-refractivity contribution in [3.05, 3.63) is 65.2 Å². The van der Waals surface area contributed by atoms with Gasteiger partial charge in [-0.05, 0) is 30.2 Å². The third-order valence-corrected chi connectivity index (χ3v) is 5.47. The number of fused-ring (bicyclic) bond motifs is 1. The predicted molar refractivity (Wildman–Crippen MR) is 101 cm³/mol. The Morgan fingerprint density at radius 2 is 1.90 bits per heavy atom. The Labute approximate surface area is 166 Å². The van der Waals surface area contributed by atoms with Crippen molar-refractivity contribution in [1.29, 1.82) is 0 Å². The highest BCUT2D eigenvalue weighted by molar-refractivity contribution is 5.97. The summed E-state index contributed by atoms with van der Waals surface area (Å²) >= 11 is 0. The molecule has 2 amide bonds. The first-order chi connectivity index (χ1) is 13.9. The van der Waals surface area contributed by atoms with Crippen LogP contribution < -0.4 is 10.6 Å². The first-order valence-corrected chi connectivity index (χ1v) is 9.47. The van der Waals surface area contributed by atoms with Crippen molar-refractivity contribution in [2.24, 2.45) is 0 Å². The molecule has 0 bridgehead atoms. The number of phenols is 1. The van der Waals surface area contributed by atoms with E-state index in [9.17, 15) is 23.5 Å². The van der Waals surface area contributed by atoms with Crippen LogP contribution in [0.5, 0.6) is 5.75 Å². The molecular formula is C21H21F2N3O3. The number of nitrogens with zero attached hydrogens (tertiary/aromatic N) is 1. The van der Waals surface area contributed by atoms with Crippen LogP contribution in [0.4, 0.5) is 8.78 Å². The minimum atomic E-state index is -0.656. The second kappa shape index (κ2) is 7.79. The maximum absolute atomic E-state index is 13.8. The third kappa shape index (κ3) is 4.07. The Hall–Kier alpha value is -3.00. The van der Waals surface area contributed by atoms with Gasteiger partial charge in [0.2, 0.25) is 11.8 Å². The lowest BCUT2D eigenvalue weighted by molar-refractivity contribution is -0.147. The van der Waals surface area contributed by atoms with Crippen LogP contribution in [0.3, 0.4) is 0 Å². The highest BCUT2D eigenvalue weighted by Crippen LogP contribution is 2.24. The number of piperazine rings is 1. The van der Waals surface area contributed by atoms with E-state index in [0.29, 0.717) is 24.9 Å². The molecule has 4 rings (SSSR count). The largest absolute Gasteiger partial charge is 0.508 e. The molecule has 2 aliphatic rings. The van der Waals surface area contributed by atoms with E-state index >= 15 is 0 Å². The van der Waals surface area contributed by atoms with E-state index < -0.39 is 23.7 Å². The van der Waals surface area contributed by atoms with Crippen molar-refractivity contribution >= 4 is 11.8 Å². The maximum atomic E-state index is 13.8. The standard InChI is InChI=1S/C21H21F2N3O3/c22-14-4-3-13(17(23)8-14)10-24-15-9-19-20(28)25-18(21(29)26(19)11-15)7-12-1-5-16(27)6-2-12/h1-6,8,15,18-19,24,27H,7,9-11H2,(H,25,28)/t15-,18+,19-/m0/s1. The molecule has 0 aromatic heterocycles. The zero-order chi connectivity index (χ0) is 20.5. The first kappa shape index (κ1) is 19.3. The minimum absolute atomic E-state index is 0.138. The summed E-state index contributed by atoms with van der Waals surface area (Å²) in [7, 11) is 0. The fourth-order valence-corrected chi connectivity index (χ4v) is 3.93. The lowest BCUT2D eigenvalue weighted by atomic mass is 10.0. The average Bonchev–Trinajstić information content (AvgIpc) is 3.12. The highest BCUT2D eigenvalue weighted by Gasteiger charge is 2.46. The van der Waals surface area contributed by atoms with Gasteiger partial charge < -0.3 is 20.6 Å². The number of nitrogens with one attached hydrogen (secondary N) is 2. The smallest absolute Gasteiger partial charge is 0.246 e. The lowest BCUT2D eigenvalue weighted by Gasteiger charge is -2.34. The van der Waals surface area contributed by atoms with Gasteiger partial charge in [-0.2, -0.15) is 0 Å². The third-order valence-electron chi connectivity index (χ3n) is 5.47. The van der Waals surface area contributed by atoms with E-state index in [1.165, 1.54) is 24.3 Å². The van der Waals surface area contributed by atoms with Crippen molar-refractivity contribution in [2.75, 3.05) is 6.54 Å². The SMILES string of the molecule is O=C1N[C@H](Cc2ccc(O)cc2)C(=O)N2C[C@@H](NCc3ccc(F)cc3F)C[C@@H]12. The zero-order valence-electron chi connectivity index (χ0n) is 15.6. The van der Waals surface area contributed by atoms with Gasteiger partial charge in [0.05, 0.1) is 0 Å². The molecule has 29 heavy (non-hydrogen) atoms. The van der Waals surface area contributed by atoms with Gasteiger partial charge >= 0.3 is 0 Å². The van der Waals surface area contributed by atoms with Crippen LogP contribution in [0.15, 0.2) is 42.5 Å². The Balaban J connectivity index is 1.39. The van der Waals surface area contributed by atoms with Crippen LogP contribution in [0.2, 0.25) is 0 Å². The number of hydrogen-bond donors (Lipinski definition) is 3. The van der Waals surface area contributed by atoms with Crippen molar-refractivity contribution in [2.45, 2.75) is 37.5 Å². The molecule has 2 aromatic rings. The topological polar surface area (TPSA) is 81.7 Å². The van der Waals surface area contributed by atoms with Crippen molar-refractivity contribution < 1.29 is 23.5 Å². The molecule has 0 unspecified atom stereocenters. The molecular weight excluding hydrogens is 380 g/mol. The van der Waals surface area contributed by atoms with Crippen LogP contribution in [0, 0.1) is 11.6 Å². The van der Waals surface area contributed by atoms with Gasteiger partial charge in [-0.1, -0.05) is 18.2 Å². The fraction of sp³-hybridized carbons (Fsp3) is 0.333. The summed E-state index contributed by atoms with van der Waals surface area (Å²) in [5, 5.41) is 15.3. The van der Waals surface area contributed by atoms with Gasteiger partial charge in [-0.25, -0.2) is 8.78 Å². The van der Waals surface area contributed by atoms with Crippen LogP contribution in [0.1, 0.15) is 17.5 Å². The molecule has 8 heteroatoms. The number of amides is 2. The zero-order valence-corrected chi connectivity index (χ0v) is 15.6. The molecule has 0 spiro atoms. The summed E-state index contributed by atoms with van der Waals surface area (Å²) in [4.78, 5) is 27.0. The molecule has 2 aromatic carbocycles. The summed E-state index contributed by atoms with van der Waals surface area (Å²) in [5.41, 5.74) is 1.16. The summed E-state index contributed by atoms with van der Waals surface area (Å²) in [5.74, 6) is -1.48. The summed E-state index contributed by atoms with van der Waals surface area (Å²) < 4.78 is 26.8. The van der Waals surface area contributed by atoms with E-state index in [2.05, 4.69) is 10.6 Å². The Morgan fingerprint density at radius 3 is 2.62 bits per heavy atom. The van der Waals surface area contributed by atoms with Crippen LogP contribution in [0.25, 0.3) is 0 Å². The second-order valence-corrected chi connectivity index (χ2v) is 7.49. The number of aromatic hydroxyl groups is 1. The molecule has 6 nitrogen and oxygen atoms in total. The number of benzene rings is 2. The summed E-state index contributed by atoms with van der Waals surface area (Å²) in [6.07, 6.45) is 0.777. The number of carbonyl (C=O) groups excluding carboxylic acids is 2. The maximum Gasteiger partial charge on any atom is 0.246 e. The Kier molecular flexibility index (Phi) is 5.19. The van der Waals surface area contributed by atoms with Crippen molar-refractivity contribution in [3.63, 3.8) is 0 Å². The van der Waals surface area contributed by atoms with Crippen LogP contribution >= 0.6 is 0 Å². The van der Waals surface area contributed by atoms with Gasteiger partial charge in [0.15, 0.2) is 0 Å². The highest BCUT2D eigenvalue weighted by atomic mass is 19.1. The Bertz CT molecular complexity index is 935. The number of rotatable bonds is 5. The average molecular weight is 401 g/mol. The molecule has 0 aliphatic carbocycles. The normalized spacial score (nSPS) is 23.8. The van der Waals surface area contributed by atoms with Gasteiger partial charge in [0.1, 0.15) is 29.5 Å². The number of phenolic OH excluding ortho intramolecular Hbond substituents is 1. The van der Waals surface area contributed by atoms with Gasteiger partial charge in [-0.15, -0.1) is 0 Å². The minimum Gasteiger partial charge on any atom is -0.508 e.